The molecule has 0 saturated heterocycles. The van der Waals surface area contributed by atoms with Gasteiger partial charge in [0.05, 0.1) is 5.56 Å². The van der Waals surface area contributed by atoms with Gasteiger partial charge in [-0.1, -0.05) is 19.9 Å². The van der Waals surface area contributed by atoms with Gasteiger partial charge in [0.25, 0.3) is 0 Å². The lowest BCUT2D eigenvalue weighted by Gasteiger charge is -2.06. The summed E-state index contributed by atoms with van der Waals surface area (Å²) in [4.78, 5) is 0. The summed E-state index contributed by atoms with van der Waals surface area (Å²) < 4.78 is 43.4. The first kappa shape index (κ1) is 15.5. The fraction of sp³-hybridized carbons (Fsp3) is 0.429. The summed E-state index contributed by atoms with van der Waals surface area (Å²) >= 11 is 0. The Labute approximate surface area is 120 Å². The normalized spacial score (nSPS) is 12.1. The molecule has 0 spiro atoms. The molecule has 0 atom stereocenters. The number of alkyl halides is 3. The molecule has 0 amide bonds. The minimum absolute atomic E-state index is 0.0978. The molecule has 114 valence electrons. The molecule has 2 aromatic rings. The Balaban J connectivity index is 2.11. The van der Waals surface area contributed by atoms with Crippen molar-refractivity contribution in [1.82, 2.24) is 15.5 Å². The third kappa shape index (κ3) is 4.29. The number of hydrogen-bond donors (Lipinski definition) is 1. The smallest absolute Gasteiger partial charge is 0.416 e. The van der Waals surface area contributed by atoms with Crippen LogP contribution in [0.5, 0.6) is 0 Å². The predicted molar refractivity (Wildman–Crippen MR) is 71.6 cm³/mol. The Morgan fingerprint density at radius 2 is 2.00 bits per heavy atom. The molecular formula is C14H16F3N3O. The lowest BCUT2D eigenvalue weighted by molar-refractivity contribution is -0.137. The Hall–Kier alpha value is -1.89. The highest BCUT2D eigenvalue weighted by atomic mass is 19.4. The molecule has 0 aliphatic rings. The summed E-state index contributed by atoms with van der Waals surface area (Å²) in [5, 5.41) is 10.8. The van der Waals surface area contributed by atoms with Crippen LogP contribution in [0, 0.1) is 0 Å². The molecule has 1 N–H and O–H groups in total. The molecule has 7 heteroatoms. The van der Waals surface area contributed by atoms with Gasteiger partial charge in [-0.3, -0.25) is 0 Å². The van der Waals surface area contributed by atoms with Crippen LogP contribution in [0.25, 0.3) is 11.5 Å². The molecule has 1 aromatic carbocycles. The topological polar surface area (TPSA) is 51.0 Å². The highest BCUT2D eigenvalue weighted by molar-refractivity contribution is 5.54. The van der Waals surface area contributed by atoms with Crippen LogP contribution in [0.15, 0.2) is 28.7 Å². The zero-order valence-electron chi connectivity index (χ0n) is 11.7. The highest BCUT2D eigenvalue weighted by Crippen LogP contribution is 2.31. The minimum atomic E-state index is -4.39. The van der Waals surface area contributed by atoms with E-state index in [1.54, 1.807) is 0 Å². The third-order valence-electron chi connectivity index (χ3n) is 2.80. The van der Waals surface area contributed by atoms with E-state index in [0.29, 0.717) is 24.9 Å². The summed E-state index contributed by atoms with van der Waals surface area (Å²) in [7, 11) is 0. The van der Waals surface area contributed by atoms with Crippen molar-refractivity contribution in [3.05, 3.63) is 35.7 Å². The zero-order chi connectivity index (χ0) is 15.5. The number of aromatic nitrogens is 2. The molecule has 0 aliphatic heterocycles. The predicted octanol–water partition coefficient (Wildman–Crippen LogP) is 3.30. The van der Waals surface area contributed by atoms with Crippen molar-refractivity contribution in [1.29, 1.82) is 0 Å². The van der Waals surface area contributed by atoms with Gasteiger partial charge in [-0.05, 0) is 18.2 Å². The molecule has 1 heterocycles. The van der Waals surface area contributed by atoms with E-state index in [-0.39, 0.29) is 11.5 Å². The Bertz CT molecular complexity index is 593. The van der Waals surface area contributed by atoms with Crippen molar-refractivity contribution < 1.29 is 17.6 Å². The highest BCUT2D eigenvalue weighted by Gasteiger charge is 2.30. The van der Waals surface area contributed by atoms with E-state index in [4.69, 9.17) is 4.42 Å². The van der Waals surface area contributed by atoms with Crippen molar-refractivity contribution in [2.75, 3.05) is 6.54 Å². The maximum absolute atomic E-state index is 12.7. The number of halogens is 3. The maximum atomic E-state index is 12.7. The summed E-state index contributed by atoms with van der Waals surface area (Å²) in [6, 6.07) is 5.19. The molecule has 0 bridgehead atoms. The van der Waals surface area contributed by atoms with E-state index in [0.717, 1.165) is 12.1 Å². The van der Waals surface area contributed by atoms with Crippen molar-refractivity contribution in [2.24, 2.45) is 0 Å². The summed E-state index contributed by atoms with van der Waals surface area (Å²) in [5.74, 6) is 0.496. The number of rotatable bonds is 5. The van der Waals surface area contributed by atoms with E-state index in [1.165, 1.54) is 12.1 Å². The van der Waals surface area contributed by atoms with Crippen LogP contribution in [0.3, 0.4) is 0 Å². The van der Waals surface area contributed by atoms with Gasteiger partial charge in [-0.2, -0.15) is 13.2 Å². The lowest BCUT2D eigenvalue weighted by Crippen LogP contribution is -2.25. The summed E-state index contributed by atoms with van der Waals surface area (Å²) in [5.41, 5.74) is -0.471. The first-order chi connectivity index (χ1) is 9.86. The maximum Gasteiger partial charge on any atom is 0.416 e. The minimum Gasteiger partial charge on any atom is -0.421 e. The van der Waals surface area contributed by atoms with E-state index >= 15 is 0 Å². The van der Waals surface area contributed by atoms with Crippen LogP contribution in [-0.2, 0) is 12.6 Å². The van der Waals surface area contributed by atoms with E-state index in [9.17, 15) is 13.2 Å². The quantitative estimate of drug-likeness (QED) is 0.920. The van der Waals surface area contributed by atoms with Crippen LogP contribution < -0.4 is 5.32 Å². The fourth-order valence-electron chi connectivity index (χ4n) is 1.77. The van der Waals surface area contributed by atoms with Crippen LogP contribution in [0.1, 0.15) is 25.3 Å². The molecule has 21 heavy (non-hydrogen) atoms. The summed E-state index contributed by atoms with van der Waals surface area (Å²) in [6.07, 6.45) is -3.86. The third-order valence-corrected chi connectivity index (χ3v) is 2.80. The number of hydrogen-bond acceptors (Lipinski definition) is 4. The number of nitrogens with one attached hydrogen (secondary N) is 1. The molecule has 0 radical (unpaired) electrons. The van der Waals surface area contributed by atoms with Gasteiger partial charge in [0.2, 0.25) is 11.8 Å². The van der Waals surface area contributed by atoms with Gasteiger partial charge in [0, 0.05) is 24.6 Å². The standard InChI is InChI=1S/C14H16F3N3O/c1-9(2)18-7-6-12-19-20-13(21-12)10-4-3-5-11(8-10)14(15,16)17/h3-5,8-9,18H,6-7H2,1-2H3. The number of nitrogens with zero attached hydrogens (tertiary/aromatic N) is 2. The molecule has 0 aliphatic carbocycles. The van der Waals surface area contributed by atoms with E-state index < -0.39 is 11.7 Å². The Morgan fingerprint density at radius 1 is 1.24 bits per heavy atom. The fourth-order valence-corrected chi connectivity index (χ4v) is 1.77. The molecule has 0 unspecified atom stereocenters. The molecule has 0 saturated carbocycles. The molecule has 1 aromatic heterocycles. The second-order valence-corrected chi connectivity index (χ2v) is 4.94. The van der Waals surface area contributed by atoms with Gasteiger partial charge in [0.15, 0.2) is 0 Å². The SMILES string of the molecule is CC(C)NCCc1nnc(-c2cccc(C(F)(F)F)c2)o1. The monoisotopic (exact) mass is 299 g/mol. The van der Waals surface area contributed by atoms with Crippen LogP contribution in [-0.4, -0.2) is 22.8 Å². The van der Waals surface area contributed by atoms with Crippen molar-refractivity contribution >= 4 is 0 Å². The molecule has 2 rings (SSSR count). The average Bonchev–Trinajstić information content (AvgIpc) is 2.86. The van der Waals surface area contributed by atoms with Crippen LogP contribution >= 0.6 is 0 Å². The molecular weight excluding hydrogens is 283 g/mol. The zero-order valence-corrected chi connectivity index (χ0v) is 11.7. The van der Waals surface area contributed by atoms with E-state index in [1.807, 2.05) is 13.8 Å². The largest absolute Gasteiger partial charge is 0.421 e. The first-order valence-electron chi connectivity index (χ1n) is 6.59. The van der Waals surface area contributed by atoms with Gasteiger partial charge in [-0.15, -0.1) is 10.2 Å². The summed E-state index contributed by atoms with van der Waals surface area (Å²) in [6.45, 7) is 4.70. The van der Waals surface area contributed by atoms with Gasteiger partial charge in [0.1, 0.15) is 0 Å². The van der Waals surface area contributed by atoms with Crippen molar-refractivity contribution in [2.45, 2.75) is 32.5 Å². The Kier molecular flexibility index (Phi) is 4.62. The lowest BCUT2D eigenvalue weighted by atomic mass is 10.1. The second kappa shape index (κ2) is 6.26. The van der Waals surface area contributed by atoms with Crippen molar-refractivity contribution in [3.63, 3.8) is 0 Å². The van der Waals surface area contributed by atoms with Crippen LogP contribution in [0.2, 0.25) is 0 Å². The van der Waals surface area contributed by atoms with E-state index in [2.05, 4.69) is 15.5 Å². The molecule has 0 fully saturated rings. The second-order valence-electron chi connectivity index (χ2n) is 4.94. The van der Waals surface area contributed by atoms with Gasteiger partial charge >= 0.3 is 6.18 Å². The number of benzene rings is 1. The Morgan fingerprint density at radius 3 is 2.67 bits per heavy atom. The first-order valence-corrected chi connectivity index (χ1v) is 6.59. The van der Waals surface area contributed by atoms with Gasteiger partial charge in [-0.25, -0.2) is 0 Å². The van der Waals surface area contributed by atoms with Gasteiger partial charge < -0.3 is 9.73 Å². The van der Waals surface area contributed by atoms with Crippen LogP contribution in [0.4, 0.5) is 13.2 Å². The average molecular weight is 299 g/mol. The van der Waals surface area contributed by atoms with Crippen molar-refractivity contribution in [3.8, 4) is 11.5 Å². The molecule has 4 nitrogen and oxygen atoms in total.